The maximum Gasteiger partial charge on any atom is 0.211 e. The van der Waals surface area contributed by atoms with E-state index in [1.807, 2.05) is 6.92 Å². The Labute approximate surface area is 135 Å². The van der Waals surface area contributed by atoms with Crippen LogP contribution in [0.25, 0.3) is 0 Å². The highest BCUT2D eigenvalue weighted by molar-refractivity contribution is 7.89. The van der Waals surface area contributed by atoms with Crippen molar-refractivity contribution in [2.24, 2.45) is 10.9 Å². The third-order valence-electron chi connectivity index (χ3n) is 3.98. The number of aliphatic imine (C=N–C) groups is 1. The van der Waals surface area contributed by atoms with Crippen LogP contribution in [0.2, 0.25) is 0 Å². The molecule has 0 bridgehead atoms. The second kappa shape index (κ2) is 10.8. The van der Waals surface area contributed by atoms with Gasteiger partial charge in [0, 0.05) is 26.2 Å². The average molecular weight is 333 g/mol. The highest BCUT2D eigenvalue weighted by Crippen LogP contribution is 2.28. The second-order valence-electron chi connectivity index (χ2n) is 5.78. The fourth-order valence-corrected chi connectivity index (χ4v) is 3.32. The fourth-order valence-electron chi connectivity index (χ4n) is 2.70. The molecule has 7 heteroatoms. The Hall–Kier alpha value is -0.820. The first-order chi connectivity index (χ1) is 10.6. The van der Waals surface area contributed by atoms with Crippen LogP contribution in [0.5, 0.6) is 0 Å². The summed E-state index contributed by atoms with van der Waals surface area (Å²) in [7, 11) is -3.11. The van der Waals surface area contributed by atoms with Gasteiger partial charge >= 0.3 is 0 Å². The summed E-state index contributed by atoms with van der Waals surface area (Å²) in [5.74, 6) is 1.79. The Morgan fingerprint density at radius 1 is 1.14 bits per heavy atom. The lowest BCUT2D eigenvalue weighted by Crippen LogP contribution is -2.41. The van der Waals surface area contributed by atoms with Crippen LogP contribution in [0.15, 0.2) is 4.99 Å². The van der Waals surface area contributed by atoms with Crippen molar-refractivity contribution in [1.82, 2.24) is 15.4 Å². The molecule has 0 aromatic rings. The number of rotatable bonds is 10. The van der Waals surface area contributed by atoms with Gasteiger partial charge < -0.3 is 10.6 Å². The summed E-state index contributed by atoms with van der Waals surface area (Å²) >= 11 is 0. The van der Waals surface area contributed by atoms with Crippen molar-refractivity contribution >= 4 is 16.0 Å². The van der Waals surface area contributed by atoms with Crippen molar-refractivity contribution in [2.75, 3.05) is 31.9 Å². The molecular weight excluding hydrogens is 300 g/mol. The summed E-state index contributed by atoms with van der Waals surface area (Å²) in [4.78, 5) is 4.55. The highest BCUT2D eigenvalue weighted by Gasteiger charge is 2.13. The van der Waals surface area contributed by atoms with Crippen molar-refractivity contribution in [3.8, 4) is 0 Å². The maximum atomic E-state index is 11.3. The van der Waals surface area contributed by atoms with Crippen LogP contribution in [0.3, 0.4) is 0 Å². The average Bonchev–Trinajstić information content (AvgIpc) is 3.01. The van der Waals surface area contributed by atoms with Crippen molar-refractivity contribution in [1.29, 1.82) is 0 Å². The molecule has 22 heavy (non-hydrogen) atoms. The molecule has 3 N–H and O–H groups in total. The highest BCUT2D eigenvalue weighted by atomic mass is 32.2. The Morgan fingerprint density at radius 2 is 1.86 bits per heavy atom. The number of hydrogen-bond donors (Lipinski definition) is 3. The molecule has 0 spiro atoms. The van der Waals surface area contributed by atoms with Crippen molar-refractivity contribution in [2.45, 2.75) is 52.4 Å². The van der Waals surface area contributed by atoms with Gasteiger partial charge in [0.15, 0.2) is 5.96 Å². The third-order valence-corrected chi connectivity index (χ3v) is 5.38. The van der Waals surface area contributed by atoms with Crippen LogP contribution >= 0.6 is 0 Å². The lowest BCUT2D eigenvalue weighted by atomic mass is 10.0. The normalized spacial score (nSPS) is 16.9. The van der Waals surface area contributed by atoms with Crippen LogP contribution in [0.1, 0.15) is 52.4 Å². The van der Waals surface area contributed by atoms with Crippen LogP contribution in [-0.4, -0.2) is 46.3 Å². The van der Waals surface area contributed by atoms with Gasteiger partial charge in [0.25, 0.3) is 0 Å². The van der Waals surface area contributed by atoms with E-state index >= 15 is 0 Å². The first-order valence-corrected chi connectivity index (χ1v) is 10.2. The number of hydrogen-bond acceptors (Lipinski definition) is 3. The molecule has 0 aliphatic heterocycles. The van der Waals surface area contributed by atoms with Crippen LogP contribution in [-0.2, 0) is 10.0 Å². The molecule has 0 heterocycles. The minimum atomic E-state index is -3.11. The first-order valence-electron chi connectivity index (χ1n) is 8.57. The predicted octanol–water partition coefficient (Wildman–Crippen LogP) is 1.45. The molecule has 1 saturated carbocycles. The van der Waals surface area contributed by atoms with Crippen LogP contribution < -0.4 is 15.4 Å². The largest absolute Gasteiger partial charge is 0.357 e. The minimum Gasteiger partial charge on any atom is -0.357 e. The fraction of sp³-hybridized carbons (Fsp3) is 0.933. The van der Waals surface area contributed by atoms with Gasteiger partial charge in [0.2, 0.25) is 10.0 Å². The quantitative estimate of drug-likeness (QED) is 0.321. The number of nitrogens with one attached hydrogen (secondary N) is 3. The SMILES string of the molecule is CCNC(=NCCCC1CCCC1)NCCNS(=O)(=O)CC. The Balaban J connectivity index is 2.20. The molecule has 0 atom stereocenters. The molecule has 0 radical (unpaired) electrons. The van der Waals surface area contributed by atoms with Crippen molar-refractivity contribution < 1.29 is 8.42 Å². The zero-order chi connectivity index (χ0) is 16.3. The molecule has 1 rings (SSSR count). The lowest BCUT2D eigenvalue weighted by Gasteiger charge is -2.12. The van der Waals surface area contributed by atoms with Gasteiger partial charge in [0.05, 0.1) is 5.75 Å². The molecule has 0 aromatic heterocycles. The summed E-state index contributed by atoms with van der Waals surface area (Å²) in [6.45, 7) is 6.19. The third kappa shape index (κ3) is 8.58. The van der Waals surface area contributed by atoms with E-state index in [9.17, 15) is 8.42 Å². The molecule has 0 saturated heterocycles. The van der Waals surface area contributed by atoms with Gasteiger partial charge in [-0.15, -0.1) is 0 Å². The summed E-state index contributed by atoms with van der Waals surface area (Å²) in [6, 6.07) is 0. The van der Waals surface area contributed by atoms with Gasteiger partial charge in [-0.3, -0.25) is 4.99 Å². The van der Waals surface area contributed by atoms with Gasteiger partial charge in [-0.2, -0.15) is 0 Å². The van der Waals surface area contributed by atoms with E-state index in [1.54, 1.807) is 6.92 Å². The van der Waals surface area contributed by atoms with E-state index in [2.05, 4.69) is 20.3 Å². The van der Waals surface area contributed by atoms with E-state index < -0.39 is 10.0 Å². The van der Waals surface area contributed by atoms with E-state index in [0.717, 1.165) is 31.4 Å². The van der Waals surface area contributed by atoms with Gasteiger partial charge in [-0.1, -0.05) is 25.7 Å². The number of nitrogens with zero attached hydrogens (tertiary/aromatic N) is 1. The molecule has 1 aliphatic rings. The molecule has 0 unspecified atom stereocenters. The molecule has 1 aliphatic carbocycles. The zero-order valence-electron chi connectivity index (χ0n) is 14.0. The predicted molar refractivity (Wildman–Crippen MR) is 92.6 cm³/mol. The summed E-state index contributed by atoms with van der Waals surface area (Å²) in [6.07, 6.45) is 7.97. The van der Waals surface area contributed by atoms with Crippen LogP contribution in [0, 0.1) is 5.92 Å². The molecule has 6 nitrogen and oxygen atoms in total. The van der Waals surface area contributed by atoms with E-state index in [-0.39, 0.29) is 5.75 Å². The van der Waals surface area contributed by atoms with E-state index in [1.165, 1.54) is 32.1 Å². The topological polar surface area (TPSA) is 82.6 Å². The monoisotopic (exact) mass is 332 g/mol. The van der Waals surface area contributed by atoms with Gasteiger partial charge in [-0.25, -0.2) is 13.1 Å². The minimum absolute atomic E-state index is 0.113. The molecule has 0 aromatic carbocycles. The summed E-state index contributed by atoms with van der Waals surface area (Å²) < 4.78 is 25.2. The molecule has 130 valence electrons. The Bertz CT molecular complexity index is 417. The summed E-state index contributed by atoms with van der Waals surface area (Å²) in [5.41, 5.74) is 0. The van der Waals surface area contributed by atoms with Gasteiger partial charge in [-0.05, 0) is 32.6 Å². The second-order valence-corrected chi connectivity index (χ2v) is 7.87. The Kier molecular flexibility index (Phi) is 9.47. The number of sulfonamides is 1. The molecule has 1 fully saturated rings. The van der Waals surface area contributed by atoms with Gasteiger partial charge in [0.1, 0.15) is 0 Å². The van der Waals surface area contributed by atoms with E-state index in [0.29, 0.717) is 13.1 Å². The number of guanidine groups is 1. The van der Waals surface area contributed by atoms with Crippen molar-refractivity contribution in [3.63, 3.8) is 0 Å². The lowest BCUT2D eigenvalue weighted by molar-refractivity contribution is 0.487. The van der Waals surface area contributed by atoms with E-state index in [4.69, 9.17) is 0 Å². The molecular formula is C15H32N4O2S. The zero-order valence-corrected chi connectivity index (χ0v) is 14.8. The van der Waals surface area contributed by atoms with Crippen LogP contribution in [0.4, 0.5) is 0 Å². The maximum absolute atomic E-state index is 11.3. The van der Waals surface area contributed by atoms with Crippen molar-refractivity contribution in [3.05, 3.63) is 0 Å². The smallest absolute Gasteiger partial charge is 0.211 e. The Morgan fingerprint density at radius 3 is 2.50 bits per heavy atom. The standard InChI is InChI=1S/C15H32N4O2S/c1-3-16-15(18-12-13-19-22(20,21)4-2)17-11-7-10-14-8-5-6-9-14/h14,19H,3-13H2,1-2H3,(H2,16,17,18). The molecule has 0 amide bonds. The first kappa shape index (κ1) is 19.2. The summed E-state index contributed by atoms with van der Waals surface area (Å²) in [5, 5.41) is 6.34.